The highest BCUT2D eigenvalue weighted by Gasteiger charge is 2.30. The molecule has 1 aromatic rings. The number of thiazole rings is 1. The summed E-state index contributed by atoms with van der Waals surface area (Å²) in [6.45, 7) is 5.09. The van der Waals surface area contributed by atoms with Gasteiger partial charge >= 0.3 is 0 Å². The van der Waals surface area contributed by atoms with E-state index < -0.39 is 10.0 Å². The van der Waals surface area contributed by atoms with Crippen LogP contribution in [0.2, 0.25) is 0 Å². The Morgan fingerprint density at radius 1 is 1.42 bits per heavy atom. The molecule has 7 heteroatoms. The molecule has 0 radical (unpaired) electrons. The molecule has 2 rings (SSSR count). The Kier molecular flexibility index (Phi) is 4.47. The molecule has 0 aromatic carbocycles. The summed E-state index contributed by atoms with van der Waals surface area (Å²) in [5.41, 5.74) is 6.12. The van der Waals surface area contributed by atoms with Crippen molar-refractivity contribution in [3.05, 3.63) is 5.69 Å². The minimum absolute atomic E-state index is 0.306. The van der Waals surface area contributed by atoms with Gasteiger partial charge in [0.2, 0.25) is 0 Å². The molecule has 0 amide bonds. The van der Waals surface area contributed by atoms with Gasteiger partial charge in [-0.1, -0.05) is 24.7 Å². The summed E-state index contributed by atoms with van der Waals surface area (Å²) in [6.07, 6.45) is 4.13. The zero-order valence-corrected chi connectivity index (χ0v) is 13.1. The quantitative estimate of drug-likeness (QED) is 0.929. The Morgan fingerprint density at radius 3 is 2.74 bits per heavy atom. The first-order valence-electron chi connectivity index (χ1n) is 6.68. The van der Waals surface area contributed by atoms with E-state index in [-0.39, 0.29) is 0 Å². The van der Waals surface area contributed by atoms with E-state index >= 15 is 0 Å². The van der Waals surface area contributed by atoms with Gasteiger partial charge in [0.15, 0.2) is 9.34 Å². The number of aromatic nitrogens is 1. The molecule has 0 aliphatic carbocycles. The molecule has 2 heterocycles. The van der Waals surface area contributed by atoms with E-state index in [0.717, 1.165) is 37.0 Å². The maximum atomic E-state index is 12.6. The predicted octanol–water partition coefficient (Wildman–Crippen LogP) is 2.23. The number of sulfonamides is 1. The molecule has 1 aliphatic rings. The number of nitrogen functional groups attached to an aromatic ring is 1. The highest BCUT2D eigenvalue weighted by atomic mass is 32.2. The number of aryl methyl sites for hydroxylation is 1. The van der Waals surface area contributed by atoms with Crippen molar-refractivity contribution < 1.29 is 8.42 Å². The lowest BCUT2D eigenvalue weighted by molar-refractivity contribution is 0.408. The van der Waals surface area contributed by atoms with E-state index in [0.29, 0.717) is 34.0 Å². The van der Waals surface area contributed by atoms with Crippen LogP contribution in [-0.2, 0) is 10.0 Å². The minimum Gasteiger partial charge on any atom is -0.375 e. The lowest BCUT2D eigenvalue weighted by Crippen LogP contribution is -2.32. The fraction of sp³-hybridized carbons (Fsp3) is 0.750. The molecule has 0 saturated carbocycles. The second-order valence-corrected chi connectivity index (χ2v) is 8.20. The van der Waals surface area contributed by atoms with Crippen molar-refractivity contribution in [2.24, 2.45) is 5.92 Å². The van der Waals surface area contributed by atoms with Gasteiger partial charge in [-0.15, -0.1) is 0 Å². The van der Waals surface area contributed by atoms with E-state index in [2.05, 4.69) is 11.9 Å². The van der Waals surface area contributed by atoms with Crippen molar-refractivity contribution in [2.45, 2.75) is 43.7 Å². The van der Waals surface area contributed by atoms with Gasteiger partial charge in [0.05, 0.1) is 5.69 Å². The fourth-order valence-electron chi connectivity index (χ4n) is 2.55. The predicted molar refractivity (Wildman–Crippen MR) is 77.7 cm³/mol. The van der Waals surface area contributed by atoms with Crippen molar-refractivity contribution in [3.8, 4) is 0 Å². The van der Waals surface area contributed by atoms with E-state index in [1.165, 1.54) is 0 Å². The van der Waals surface area contributed by atoms with Gasteiger partial charge in [-0.05, 0) is 32.1 Å². The maximum Gasteiger partial charge on any atom is 0.254 e. The summed E-state index contributed by atoms with van der Waals surface area (Å²) >= 11 is 1.07. The summed E-state index contributed by atoms with van der Waals surface area (Å²) in [4.78, 5) is 4.02. The van der Waals surface area contributed by atoms with Crippen molar-refractivity contribution in [3.63, 3.8) is 0 Å². The Balaban J connectivity index is 2.22. The lowest BCUT2D eigenvalue weighted by atomic mass is 9.98. The highest BCUT2D eigenvalue weighted by Crippen LogP contribution is 2.30. The average molecular weight is 303 g/mol. The van der Waals surface area contributed by atoms with Gasteiger partial charge in [-0.3, -0.25) is 0 Å². The van der Waals surface area contributed by atoms with E-state index in [4.69, 9.17) is 5.73 Å². The van der Waals surface area contributed by atoms with Gasteiger partial charge in [0, 0.05) is 13.1 Å². The van der Waals surface area contributed by atoms with Crippen molar-refractivity contribution in [1.29, 1.82) is 0 Å². The van der Waals surface area contributed by atoms with Crippen LogP contribution in [-0.4, -0.2) is 30.8 Å². The van der Waals surface area contributed by atoms with Crippen LogP contribution in [0, 0.1) is 12.8 Å². The summed E-state index contributed by atoms with van der Waals surface area (Å²) < 4.78 is 27.1. The van der Waals surface area contributed by atoms with Crippen molar-refractivity contribution in [2.75, 3.05) is 18.8 Å². The van der Waals surface area contributed by atoms with Gasteiger partial charge in [0.1, 0.15) is 0 Å². The molecule has 0 spiro atoms. The molecule has 108 valence electrons. The van der Waals surface area contributed by atoms with Crippen molar-refractivity contribution >= 4 is 26.5 Å². The van der Waals surface area contributed by atoms with Crippen LogP contribution in [0.5, 0.6) is 0 Å². The molecule has 1 saturated heterocycles. The Labute approximate surface area is 118 Å². The second kappa shape index (κ2) is 5.76. The first-order chi connectivity index (χ1) is 8.95. The third-order valence-corrected chi connectivity index (χ3v) is 7.20. The molecular weight excluding hydrogens is 282 g/mol. The van der Waals surface area contributed by atoms with Crippen LogP contribution in [0.3, 0.4) is 0 Å². The van der Waals surface area contributed by atoms with Gasteiger partial charge < -0.3 is 5.73 Å². The zero-order chi connectivity index (χ0) is 14.0. The average Bonchev–Trinajstić information content (AvgIpc) is 2.59. The molecule has 1 aromatic heterocycles. The van der Waals surface area contributed by atoms with E-state index in [1.54, 1.807) is 11.2 Å². The van der Waals surface area contributed by atoms with Crippen LogP contribution in [0.1, 0.15) is 38.3 Å². The minimum atomic E-state index is -3.42. The molecular formula is C12H21N3O2S2. The third-order valence-electron chi connectivity index (χ3n) is 3.73. The Bertz CT molecular complexity index is 539. The Morgan fingerprint density at radius 2 is 2.16 bits per heavy atom. The summed E-state index contributed by atoms with van der Waals surface area (Å²) in [6, 6.07) is 0. The normalized spacial score (nSPS) is 22.3. The SMILES string of the molecule is CCC1CCCN(S(=O)(=O)c2sc(N)nc2C)CC1. The second-order valence-electron chi connectivity index (χ2n) is 5.03. The maximum absolute atomic E-state index is 12.6. The van der Waals surface area contributed by atoms with Crippen LogP contribution >= 0.6 is 11.3 Å². The smallest absolute Gasteiger partial charge is 0.254 e. The molecule has 2 N–H and O–H groups in total. The topological polar surface area (TPSA) is 76.3 Å². The molecule has 1 unspecified atom stereocenters. The number of nitrogens with two attached hydrogens (primary N) is 1. The fourth-order valence-corrected chi connectivity index (χ4v) is 5.47. The highest BCUT2D eigenvalue weighted by molar-refractivity contribution is 7.91. The molecule has 0 bridgehead atoms. The standard InChI is InChI=1S/C12H21N3O2S2/c1-3-10-5-4-7-15(8-6-10)19(16,17)11-9(2)14-12(13)18-11/h10H,3-8H2,1-2H3,(H2,13,14). The monoisotopic (exact) mass is 303 g/mol. The number of nitrogens with zero attached hydrogens (tertiary/aromatic N) is 2. The number of hydrogen-bond donors (Lipinski definition) is 1. The van der Waals surface area contributed by atoms with Crippen LogP contribution in [0.25, 0.3) is 0 Å². The van der Waals surface area contributed by atoms with Crippen LogP contribution < -0.4 is 5.73 Å². The van der Waals surface area contributed by atoms with Gasteiger partial charge in [0.25, 0.3) is 10.0 Å². The largest absolute Gasteiger partial charge is 0.375 e. The molecule has 5 nitrogen and oxygen atoms in total. The zero-order valence-electron chi connectivity index (χ0n) is 11.4. The molecule has 19 heavy (non-hydrogen) atoms. The first-order valence-corrected chi connectivity index (χ1v) is 8.94. The number of hydrogen-bond acceptors (Lipinski definition) is 5. The van der Waals surface area contributed by atoms with Gasteiger partial charge in [-0.25, -0.2) is 13.4 Å². The van der Waals surface area contributed by atoms with Gasteiger partial charge in [-0.2, -0.15) is 4.31 Å². The number of anilines is 1. The lowest BCUT2D eigenvalue weighted by Gasteiger charge is -2.19. The number of rotatable bonds is 3. The first kappa shape index (κ1) is 14.7. The van der Waals surface area contributed by atoms with Crippen molar-refractivity contribution in [1.82, 2.24) is 9.29 Å². The van der Waals surface area contributed by atoms with Crippen LogP contribution in [0.4, 0.5) is 5.13 Å². The molecule has 1 atom stereocenters. The summed E-state index contributed by atoms with van der Waals surface area (Å²) in [5.74, 6) is 0.646. The van der Waals surface area contributed by atoms with E-state index in [9.17, 15) is 8.42 Å². The third kappa shape index (κ3) is 3.09. The molecule has 1 fully saturated rings. The summed E-state index contributed by atoms with van der Waals surface area (Å²) in [5, 5.41) is 0.317. The van der Waals surface area contributed by atoms with Crippen LogP contribution in [0.15, 0.2) is 4.21 Å². The molecule has 1 aliphatic heterocycles. The Hall–Kier alpha value is -0.660. The van der Waals surface area contributed by atoms with E-state index in [1.807, 2.05) is 0 Å². The summed E-state index contributed by atoms with van der Waals surface area (Å²) in [7, 11) is -3.42.